The second kappa shape index (κ2) is 3.35. The van der Waals surface area contributed by atoms with E-state index in [1.807, 2.05) is 30.3 Å². The lowest BCUT2D eigenvalue weighted by Crippen LogP contribution is -1.98. The number of aromatic nitrogens is 2. The molecule has 0 spiro atoms. The topological polar surface area (TPSA) is 35.0 Å². The predicted molar refractivity (Wildman–Crippen MR) is 56.7 cm³/mol. The van der Waals surface area contributed by atoms with Gasteiger partial charge in [0.25, 0.3) is 0 Å². The molecule has 1 aliphatic heterocycles. The van der Waals surface area contributed by atoms with Gasteiger partial charge in [-0.05, 0) is 23.8 Å². The molecule has 0 saturated carbocycles. The summed E-state index contributed by atoms with van der Waals surface area (Å²) in [5, 5.41) is 8.12. The van der Waals surface area contributed by atoms with E-state index in [2.05, 4.69) is 10.2 Å². The Morgan fingerprint density at radius 1 is 1.13 bits per heavy atom. The molecular weight excluding hydrogens is 188 g/mol. The van der Waals surface area contributed by atoms with Crippen molar-refractivity contribution >= 4 is 0 Å². The van der Waals surface area contributed by atoms with Crippen LogP contribution in [0.2, 0.25) is 0 Å². The Balaban J connectivity index is 2.27. The zero-order valence-corrected chi connectivity index (χ0v) is 8.18. The van der Waals surface area contributed by atoms with Gasteiger partial charge in [0.05, 0.1) is 12.3 Å². The molecule has 0 atom stereocenters. The van der Waals surface area contributed by atoms with Crippen molar-refractivity contribution in [3.63, 3.8) is 0 Å². The molecular formula is C12H10N2O. The molecule has 0 bridgehead atoms. The van der Waals surface area contributed by atoms with Crippen LogP contribution in [-0.2, 0) is 6.42 Å². The lowest BCUT2D eigenvalue weighted by Gasteiger charge is -2.05. The second-order valence-corrected chi connectivity index (χ2v) is 3.50. The highest BCUT2D eigenvalue weighted by Crippen LogP contribution is 2.32. The van der Waals surface area contributed by atoms with Gasteiger partial charge >= 0.3 is 0 Å². The standard InChI is InChI=1S/C12H10N2O/c1-2-4-11-10(3-1)12-9(6-8-15-11)5-7-13-14-12/h1-5,7H,6,8H2. The molecule has 0 saturated heterocycles. The molecule has 1 aromatic heterocycles. The van der Waals surface area contributed by atoms with Crippen molar-refractivity contribution in [2.75, 3.05) is 6.61 Å². The average Bonchev–Trinajstić information content (AvgIpc) is 2.48. The first-order valence-corrected chi connectivity index (χ1v) is 4.98. The molecule has 15 heavy (non-hydrogen) atoms. The fraction of sp³-hybridized carbons (Fsp3) is 0.167. The van der Waals surface area contributed by atoms with Gasteiger partial charge in [-0.3, -0.25) is 0 Å². The first-order chi connectivity index (χ1) is 7.45. The maximum atomic E-state index is 5.66. The van der Waals surface area contributed by atoms with Crippen molar-refractivity contribution in [2.45, 2.75) is 6.42 Å². The summed E-state index contributed by atoms with van der Waals surface area (Å²) in [5.74, 6) is 0.900. The molecule has 0 fully saturated rings. The third kappa shape index (κ3) is 1.36. The van der Waals surface area contributed by atoms with E-state index in [1.165, 1.54) is 5.56 Å². The van der Waals surface area contributed by atoms with Gasteiger partial charge in [-0.25, -0.2) is 0 Å². The van der Waals surface area contributed by atoms with E-state index in [9.17, 15) is 0 Å². The maximum absolute atomic E-state index is 5.66. The fourth-order valence-electron chi connectivity index (χ4n) is 1.85. The average molecular weight is 198 g/mol. The molecule has 74 valence electrons. The van der Waals surface area contributed by atoms with E-state index in [1.54, 1.807) is 6.20 Å². The lowest BCUT2D eigenvalue weighted by atomic mass is 10.1. The van der Waals surface area contributed by atoms with Gasteiger partial charge in [0.2, 0.25) is 0 Å². The summed E-state index contributed by atoms with van der Waals surface area (Å²) in [4.78, 5) is 0. The molecule has 3 heteroatoms. The summed E-state index contributed by atoms with van der Waals surface area (Å²) in [7, 11) is 0. The summed E-state index contributed by atoms with van der Waals surface area (Å²) < 4.78 is 5.66. The largest absolute Gasteiger partial charge is 0.493 e. The van der Waals surface area contributed by atoms with E-state index in [4.69, 9.17) is 4.74 Å². The predicted octanol–water partition coefficient (Wildman–Crippen LogP) is 2.08. The summed E-state index contributed by atoms with van der Waals surface area (Å²) in [5.41, 5.74) is 3.19. The molecule has 2 aromatic rings. The van der Waals surface area contributed by atoms with Gasteiger partial charge in [-0.1, -0.05) is 12.1 Å². The van der Waals surface area contributed by atoms with E-state index in [0.29, 0.717) is 6.61 Å². The van der Waals surface area contributed by atoms with Crippen LogP contribution >= 0.6 is 0 Å². The first-order valence-electron chi connectivity index (χ1n) is 4.98. The first kappa shape index (κ1) is 8.41. The van der Waals surface area contributed by atoms with Gasteiger partial charge in [0.1, 0.15) is 5.75 Å². The van der Waals surface area contributed by atoms with Crippen LogP contribution in [0.15, 0.2) is 36.5 Å². The van der Waals surface area contributed by atoms with Crippen LogP contribution < -0.4 is 4.74 Å². The minimum atomic E-state index is 0.704. The van der Waals surface area contributed by atoms with Crippen molar-refractivity contribution < 1.29 is 4.74 Å². The molecule has 1 aliphatic rings. The zero-order chi connectivity index (χ0) is 10.1. The molecule has 0 amide bonds. The Morgan fingerprint density at radius 2 is 2.07 bits per heavy atom. The molecule has 0 aliphatic carbocycles. The van der Waals surface area contributed by atoms with Crippen molar-refractivity contribution in [3.8, 4) is 17.0 Å². The number of nitrogens with zero attached hydrogens (tertiary/aromatic N) is 2. The number of hydrogen-bond acceptors (Lipinski definition) is 3. The van der Waals surface area contributed by atoms with Crippen molar-refractivity contribution in [2.24, 2.45) is 0 Å². The smallest absolute Gasteiger partial charge is 0.128 e. The monoisotopic (exact) mass is 198 g/mol. The zero-order valence-electron chi connectivity index (χ0n) is 8.18. The van der Waals surface area contributed by atoms with Gasteiger partial charge in [-0.15, -0.1) is 0 Å². The van der Waals surface area contributed by atoms with Gasteiger partial charge in [-0.2, -0.15) is 10.2 Å². The Hall–Kier alpha value is -1.90. The Labute approximate surface area is 87.7 Å². The quantitative estimate of drug-likeness (QED) is 0.650. The number of hydrogen-bond donors (Lipinski definition) is 0. The minimum absolute atomic E-state index is 0.704. The second-order valence-electron chi connectivity index (χ2n) is 3.50. The Morgan fingerprint density at radius 3 is 3.07 bits per heavy atom. The molecule has 3 nitrogen and oxygen atoms in total. The SMILES string of the molecule is c1ccc2c(c1)OCCc1ccnnc1-2. The summed E-state index contributed by atoms with van der Waals surface area (Å²) in [6, 6.07) is 9.97. The van der Waals surface area contributed by atoms with Crippen LogP contribution in [0.25, 0.3) is 11.3 Å². The summed E-state index contributed by atoms with van der Waals surface area (Å²) >= 11 is 0. The lowest BCUT2D eigenvalue weighted by molar-refractivity contribution is 0.326. The van der Waals surface area contributed by atoms with Crippen LogP contribution in [-0.4, -0.2) is 16.8 Å². The van der Waals surface area contributed by atoms with Crippen LogP contribution in [0.4, 0.5) is 0 Å². The van der Waals surface area contributed by atoms with Crippen molar-refractivity contribution in [3.05, 3.63) is 42.1 Å². The Bertz CT molecular complexity index is 451. The molecule has 0 N–H and O–H groups in total. The van der Waals surface area contributed by atoms with Crippen molar-refractivity contribution in [1.29, 1.82) is 0 Å². The highest BCUT2D eigenvalue weighted by Gasteiger charge is 2.15. The van der Waals surface area contributed by atoms with Crippen LogP contribution in [0.5, 0.6) is 5.75 Å². The highest BCUT2D eigenvalue weighted by atomic mass is 16.5. The van der Waals surface area contributed by atoms with Crippen LogP contribution in [0.1, 0.15) is 5.56 Å². The molecule has 3 rings (SSSR count). The minimum Gasteiger partial charge on any atom is -0.493 e. The normalized spacial score (nSPS) is 13.3. The van der Waals surface area contributed by atoms with E-state index < -0.39 is 0 Å². The molecule has 0 unspecified atom stereocenters. The Kier molecular flexibility index (Phi) is 1.88. The highest BCUT2D eigenvalue weighted by molar-refractivity contribution is 5.70. The van der Waals surface area contributed by atoms with Crippen molar-refractivity contribution in [1.82, 2.24) is 10.2 Å². The van der Waals surface area contributed by atoms with E-state index in [-0.39, 0.29) is 0 Å². The van der Waals surface area contributed by atoms with Gasteiger partial charge in [0, 0.05) is 18.2 Å². The number of ether oxygens (including phenoxy) is 1. The number of para-hydroxylation sites is 1. The van der Waals surface area contributed by atoms with E-state index in [0.717, 1.165) is 23.4 Å². The molecule has 1 aromatic carbocycles. The molecule has 0 radical (unpaired) electrons. The third-order valence-corrected chi connectivity index (χ3v) is 2.58. The maximum Gasteiger partial charge on any atom is 0.128 e. The third-order valence-electron chi connectivity index (χ3n) is 2.58. The van der Waals surface area contributed by atoms with E-state index >= 15 is 0 Å². The fourth-order valence-corrected chi connectivity index (χ4v) is 1.85. The number of benzene rings is 1. The van der Waals surface area contributed by atoms with Gasteiger partial charge in [0.15, 0.2) is 0 Å². The number of rotatable bonds is 0. The van der Waals surface area contributed by atoms with Crippen LogP contribution in [0.3, 0.4) is 0 Å². The number of fused-ring (bicyclic) bond motifs is 3. The summed E-state index contributed by atoms with van der Waals surface area (Å²) in [6.45, 7) is 0.704. The van der Waals surface area contributed by atoms with Crippen LogP contribution in [0, 0.1) is 0 Å². The molecule has 2 heterocycles. The van der Waals surface area contributed by atoms with Gasteiger partial charge < -0.3 is 4.74 Å². The summed E-state index contributed by atoms with van der Waals surface area (Å²) in [6.07, 6.45) is 2.62.